The van der Waals surface area contributed by atoms with Crippen molar-refractivity contribution in [2.75, 3.05) is 46.0 Å². The van der Waals surface area contributed by atoms with Crippen molar-refractivity contribution in [1.29, 1.82) is 0 Å². The van der Waals surface area contributed by atoms with Gasteiger partial charge in [0.1, 0.15) is 6.10 Å². The lowest BCUT2D eigenvalue weighted by Gasteiger charge is -2.64. The third-order valence-electron chi connectivity index (χ3n) is 18.1. The first kappa shape index (κ1) is 38.5. The maximum atomic E-state index is 12.7. The summed E-state index contributed by atoms with van der Waals surface area (Å²) in [5, 5.41) is 33.6. The Hall–Kier alpha value is -0.360. The number of morpholine rings is 1. The van der Waals surface area contributed by atoms with Crippen LogP contribution in [0.15, 0.2) is 0 Å². The van der Waals surface area contributed by atoms with Crippen molar-refractivity contribution >= 4 is 0 Å². The second-order valence-electron chi connectivity index (χ2n) is 21.5. The molecule has 3 N–H and O–H groups in total. The minimum atomic E-state index is -1.02. The zero-order chi connectivity index (χ0) is 37.4. The van der Waals surface area contributed by atoms with Crippen molar-refractivity contribution in [3.63, 3.8) is 0 Å². The number of aliphatic hydroxyl groups excluding tert-OH is 2. The highest BCUT2D eigenvalue weighted by Gasteiger charge is 2.84. The molecule has 5 aliphatic carbocycles. The number of nitrogens with zero attached hydrogens (tertiary/aromatic N) is 2. The first-order chi connectivity index (χ1) is 24.3. The fourth-order valence-corrected chi connectivity index (χ4v) is 15.2. The van der Waals surface area contributed by atoms with Crippen LogP contribution in [0.1, 0.15) is 121 Å². The molecule has 298 valence electrons. The van der Waals surface area contributed by atoms with E-state index in [9.17, 15) is 15.3 Å². The van der Waals surface area contributed by atoms with Gasteiger partial charge in [-0.1, -0.05) is 34.6 Å². The smallest absolute Gasteiger partial charge is 0.170 e. The van der Waals surface area contributed by atoms with Crippen LogP contribution in [0.4, 0.5) is 0 Å². The number of hydrogen-bond donors (Lipinski definition) is 3. The predicted molar refractivity (Wildman–Crippen MR) is 201 cm³/mol. The molecule has 0 radical (unpaired) electrons. The molecule has 8 fully saturated rings. The topological polar surface area (TPSA) is 104 Å². The van der Waals surface area contributed by atoms with E-state index in [2.05, 4.69) is 58.3 Å². The molecular formula is C43H74N2O7. The summed E-state index contributed by atoms with van der Waals surface area (Å²) >= 11 is 0. The van der Waals surface area contributed by atoms with Gasteiger partial charge in [-0.2, -0.15) is 0 Å². The van der Waals surface area contributed by atoms with Crippen LogP contribution < -0.4 is 0 Å². The predicted octanol–water partition coefficient (Wildman–Crippen LogP) is 5.47. The van der Waals surface area contributed by atoms with Gasteiger partial charge in [0.2, 0.25) is 0 Å². The molecular weight excluding hydrogens is 656 g/mol. The monoisotopic (exact) mass is 731 g/mol. The quantitative estimate of drug-likeness (QED) is 0.285. The molecule has 0 bridgehead atoms. The molecule has 5 saturated carbocycles. The van der Waals surface area contributed by atoms with E-state index in [4.69, 9.17) is 18.9 Å². The Morgan fingerprint density at radius 2 is 1.63 bits per heavy atom. The zero-order valence-corrected chi connectivity index (χ0v) is 34.3. The van der Waals surface area contributed by atoms with Crippen LogP contribution in [0.25, 0.3) is 0 Å². The van der Waals surface area contributed by atoms with E-state index < -0.39 is 17.8 Å². The Kier molecular flexibility index (Phi) is 9.31. The molecule has 3 aliphatic heterocycles. The Bertz CT molecular complexity index is 1350. The van der Waals surface area contributed by atoms with Crippen molar-refractivity contribution in [3.05, 3.63) is 0 Å². The Morgan fingerprint density at radius 3 is 2.31 bits per heavy atom. The molecule has 0 aromatic rings. The molecule has 0 aromatic carbocycles. The van der Waals surface area contributed by atoms with Gasteiger partial charge in [-0.05, 0) is 131 Å². The van der Waals surface area contributed by atoms with E-state index in [-0.39, 0.29) is 53.0 Å². The number of fused-ring (bicyclic) bond motifs is 4. The number of hydrogen-bond acceptors (Lipinski definition) is 9. The lowest BCUT2D eigenvalue weighted by Crippen LogP contribution is -2.68. The van der Waals surface area contributed by atoms with E-state index in [1.165, 1.54) is 32.1 Å². The maximum absolute atomic E-state index is 12.7. The fourth-order valence-electron chi connectivity index (χ4n) is 15.2. The normalized spacial score (nSPS) is 49.9. The molecule has 3 heterocycles. The summed E-state index contributed by atoms with van der Waals surface area (Å²) < 4.78 is 26.5. The molecule has 3 saturated heterocycles. The minimum Gasteiger partial charge on any atom is -0.394 e. The molecule has 52 heavy (non-hydrogen) atoms. The summed E-state index contributed by atoms with van der Waals surface area (Å²) in [5.74, 6) is 1.79. The number of ether oxygens (including phenoxy) is 4. The molecule has 3 unspecified atom stereocenters. The van der Waals surface area contributed by atoms with Gasteiger partial charge in [0.15, 0.2) is 6.29 Å². The number of likely N-dealkylation sites (tertiary alicyclic amines) is 1. The lowest BCUT2D eigenvalue weighted by molar-refractivity contribution is -0.254. The molecule has 9 nitrogen and oxygen atoms in total. The molecule has 14 atom stereocenters. The zero-order valence-electron chi connectivity index (χ0n) is 34.3. The Balaban J connectivity index is 0.974. The first-order valence-corrected chi connectivity index (χ1v) is 21.4. The SMILES string of the molecule is CCO[C@@H](C1C[C@@H](C)[C@H]2C(O1)[C@H](O)[C@@]1(C)C3CC[C@H]4C(C)(C)[C@@H](O[C@H]5CN(C6CN(C(C)(C)CO)C6)CCO5)CC[C@@]45C[C@@]35CC[C@]21C)C(C)(C)O. The summed E-state index contributed by atoms with van der Waals surface area (Å²) in [5.41, 5.74) is -0.708. The highest BCUT2D eigenvalue weighted by atomic mass is 16.7. The molecule has 0 aromatic heterocycles. The standard InChI is InChI=1S/C43H74N2O7/c1-11-49-36(39(7,8)48)28-20-26(2)33-34(51-28)35(47)41(10)30-13-12-29-38(5,6)31(14-15-42(29)24-43(30,42)17-16-40(33,41)9)52-32-23-44(18-19-50-32)27-21-45(22-27)37(3,4)25-46/h26-36,46-48H,11-25H2,1-10H3/t26-,28?,29+,30?,31+,32+,33+,34?,35+,36+,40-,41-,42-,43+/m1/s1. The van der Waals surface area contributed by atoms with Gasteiger partial charge in [-0.3, -0.25) is 9.80 Å². The minimum absolute atomic E-state index is 0.00912. The van der Waals surface area contributed by atoms with Crippen LogP contribution in [-0.2, 0) is 18.9 Å². The molecule has 2 spiro atoms. The second kappa shape index (κ2) is 12.6. The average Bonchev–Trinajstić information content (AvgIpc) is 3.68. The van der Waals surface area contributed by atoms with Gasteiger partial charge in [0.25, 0.3) is 0 Å². The Labute approximate surface area is 314 Å². The van der Waals surface area contributed by atoms with Gasteiger partial charge in [-0.25, -0.2) is 0 Å². The van der Waals surface area contributed by atoms with Gasteiger partial charge >= 0.3 is 0 Å². The Morgan fingerprint density at radius 1 is 0.942 bits per heavy atom. The molecule has 9 heteroatoms. The third-order valence-corrected chi connectivity index (χ3v) is 18.1. The van der Waals surface area contributed by atoms with Gasteiger partial charge in [0.05, 0.1) is 43.2 Å². The largest absolute Gasteiger partial charge is 0.394 e. The second-order valence-corrected chi connectivity index (χ2v) is 21.5. The highest BCUT2D eigenvalue weighted by molar-refractivity contribution is 5.33. The summed E-state index contributed by atoms with van der Waals surface area (Å²) in [6.07, 6.45) is 7.86. The summed E-state index contributed by atoms with van der Waals surface area (Å²) in [6, 6.07) is 0.505. The van der Waals surface area contributed by atoms with Crippen molar-refractivity contribution in [3.8, 4) is 0 Å². The van der Waals surface area contributed by atoms with Crippen LogP contribution in [0.2, 0.25) is 0 Å². The lowest BCUT2D eigenvalue weighted by atomic mass is 9.41. The van der Waals surface area contributed by atoms with Gasteiger partial charge in [-0.15, -0.1) is 0 Å². The van der Waals surface area contributed by atoms with Crippen molar-refractivity contribution in [2.45, 2.75) is 175 Å². The molecule has 8 rings (SSSR count). The summed E-state index contributed by atoms with van der Waals surface area (Å²) in [6.45, 7) is 27.4. The van der Waals surface area contributed by atoms with Crippen LogP contribution in [0, 0.1) is 50.7 Å². The van der Waals surface area contributed by atoms with E-state index in [1.807, 2.05) is 20.8 Å². The van der Waals surface area contributed by atoms with Crippen LogP contribution >= 0.6 is 0 Å². The van der Waals surface area contributed by atoms with E-state index in [0.29, 0.717) is 53.8 Å². The van der Waals surface area contributed by atoms with E-state index >= 15 is 0 Å². The van der Waals surface area contributed by atoms with Crippen LogP contribution in [0.5, 0.6) is 0 Å². The van der Waals surface area contributed by atoms with Crippen molar-refractivity contribution < 1.29 is 34.3 Å². The van der Waals surface area contributed by atoms with Gasteiger partial charge in [0, 0.05) is 49.8 Å². The fraction of sp³-hybridized carbons (Fsp3) is 1.00. The number of aliphatic hydroxyl groups is 3. The number of rotatable bonds is 9. The molecule has 8 aliphatic rings. The third kappa shape index (κ3) is 5.24. The summed E-state index contributed by atoms with van der Waals surface area (Å²) in [7, 11) is 0. The average molecular weight is 731 g/mol. The molecule has 0 amide bonds. The van der Waals surface area contributed by atoms with E-state index in [0.717, 1.165) is 45.4 Å². The summed E-state index contributed by atoms with van der Waals surface area (Å²) in [4.78, 5) is 4.95. The van der Waals surface area contributed by atoms with Crippen LogP contribution in [0.3, 0.4) is 0 Å². The maximum Gasteiger partial charge on any atom is 0.170 e. The van der Waals surface area contributed by atoms with Crippen molar-refractivity contribution in [2.24, 2.45) is 50.7 Å². The van der Waals surface area contributed by atoms with Gasteiger partial charge < -0.3 is 34.3 Å². The van der Waals surface area contributed by atoms with E-state index in [1.54, 1.807) is 0 Å². The van der Waals surface area contributed by atoms with Crippen molar-refractivity contribution in [1.82, 2.24) is 9.80 Å². The first-order valence-electron chi connectivity index (χ1n) is 21.4. The highest BCUT2D eigenvalue weighted by Crippen LogP contribution is 2.89. The van der Waals surface area contributed by atoms with Crippen LogP contribution in [-0.4, -0.2) is 125 Å².